The lowest BCUT2D eigenvalue weighted by Gasteiger charge is -2.21. The molecule has 0 fully saturated rings. The number of nitrogens with zero attached hydrogens (tertiary/aromatic N) is 3. The van der Waals surface area contributed by atoms with Crippen molar-refractivity contribution >= 4 is 5.97 Å². The summed E-state index contributed by atoms with van der Waals surface area (Å²) in [4.78, 5) is 26.0. The Bertz CT molecular complexity index is 540. The van der Waals surface area contributed by atoms with Gasteiger partial charge >= 0.3 is 5.97 Å². The number of hydrogen-bond donors (Lipinski definition) is 2. The predicted molar refractivity (Wildman–Crippen MR) is 79.5 cm³/mol. The third-order valence-electron chi connectivity index (χ3n) is 3.12. The summed E-state index contributed by atoms with van der Waals surface area (Å²) in [5.74, 6) is -1.12. The van der Waals surface area contributed by atoms with Gasteiger partial charge in [-0.2, -0.15) is 0 Å². The van der Waals surface area contributed by atoms with Gasteiger partial charge in [-0.3, -0.25) is 9.59 Å². The third kappa shape index (κ3) is 5.97. The van der Waals surface area contributed by atoms with Crippen molar-refractivity contribution in [3.8, 4) is 5.75 Å². The zero-order valence-electron chi connectivity index (χ0n) is 12.7. The van der Waals surface area contributed by atoms with E-state index in [1.165, 1.54) is 12.3 Å². The fraction of sp³-hybridized carbons (Fsp3) is 0.571. The Morgan fingerprint density at radius 1 is 1.29 bits per heavy atom. The summed E-state index contributed by atoms with van der Waals surface area (Å²) in [7, 11) is 5.69. The molecule has 0 aliphatic rings. The molecule has 7 heteroatoms. The highest BCUT2D eigenvalue weighted by molar-refractivity contribution is 5.66. The largest absolute Gasteiger partial charge is 0.503 e. The van der Waals surface area contributed by atoms with Crippen LogP contribution in [0.1, 0.15) is 12.1 Å². The second kappa shape index (κ2) is 7.80. The quantitative estimate of drug-likeness (QED) is 0.703. The van der Waals surface area contributed by atoms with E-state index in [9.17, 15) is 14.7 Å². The maximum Gasteiger partial charge on any atom is 0.304 e. The minimum absolute atomic E-state index is 0.0521. The van der Waals surface area contributed by atoms with Crippen LogP contribution in [0.25, 0.3) is 0 Å². The summed E-state index contributed by atoms with van der Waals surface area (Å²) < 4.78 is 1.83. The summed E-state index contributed by atoms with van der Waals surface area (Å²) in [5, 5.41) is 18.3. The smallest absolute Gasteiger partial charge is 0.304 e. The van der Waals surface area contributed by atoms with Crippen LogP contribution in [0.2, 0.25) is 0 Å². The van der Waals surface area contributed by atoms with E-state index in [0.717, 1.165) is 12.2 Å². The number of carboxylic acid groups (broad SMARTS) is 1. The lowest BCUT2D eigenvalue weighted by atomic mass is 10.2. The van der Waals surface area contributed by atoms with Gasteiger partial charge in [0.1, 0.15) is 0 Å². The molecule has 7 nitrogen and oxygen atoms in total. The molecule has 0 saturated carbocycles. The molecule has 0 aliphatic carbocycles. The Labute approximate surface area is 124 Å². The van der Waals surface area contributed by atoms with Gasteiger partial charge in [-0.15, -0.1) is 0 Å². The molecule has 21 heavy (non-hydrogen) atoms. The number of aromatic nitrogens is 1. The van der Waals surface area contributed by atoms with Gasteiger partial charge in [0.2, 0.25) is 5.43 Å². The number of pyridine rings is 1. The topological polar surface area (TPSA) is 86.0 Å². The monoisotopic (exact) mass is 297 g/mol. The Morgan fingerprint density at radius 2 is 1.95 bits per heavy atom. The van der Waals surface area contributed by atoms with E-state index < -0.39 is 11.4 Å². The summed E-state index contributed by atoms with van der Waals surface area (Å²) in [5.41, 5.74) is 0.338. The van der Waals surface area contributed by atoms with Crippen molar-refractivity contribution in [3.63, 3.8) is 0 Å². The van der Waals surface area contributed by atoms with Gasteiger partial charge in [-0.05, 0) is 21.1 Å². The van der Waals surface area contributed by atoms with E-state index in [1.807, 2.05) is 28.5 Å². The lowest BCUT2D eigenvalue weighted by molar-refractivity contribution is -0.137. The van der Waals surface area contributed by atoms with Crippen LogP contribution < -0.4 is 5.43 Å². The van der Waals surface area contributed by atoms with Gasteiger partial charge in [0.05, 0.1) is 12.6 Å². The van der Waals surface area contributed by atoms with Gasteiger partial charge < -0.3 is 24.6 Å². The van der Waals surface area contributed by atoms with Crippen LogP contribution in [0.15, 0.2) is 17.1 Å². The first-order valence-electron chi connectivity index (χ1n) is 6.77. The first kappa shape index (κ1) is 17.2. The molecular weight excluding hydrogens is 274 g/mol. The highest BCUT2D eigenvalue weighted by Crippen LogP contribution is 2.08. The standard InChI is InChI=1S/C14H23N3O4/c1-15(2)6-7-17-10-13(19)12(18)8-11(17)9-16(3)5-4-14(20)21/h8,10,19H,4-7,9H2,1-3H3,(H,20,21). The molecule has 0 aliphatic heterocycles. The zero-order chi connectivity index (χ0) is 16.0. The Morgan fingerprint density at radius 3 is 2.52 bits per heavy atom. The molecule has 0 atom stereocenters. The molecule has 0 spiro atoms. The number of aliphatic carboxylic acids is 1. The van der Waals surface area contributed by atoms with Crippen molar-refractivity contribution in [3.05, 3.63) is 28.2 Å². The SMILES string of the molecule is CN(C)CCn1cc(O)c(=O)cc1CN(C)CCC(=O)O. The number of hydrogen-bond acceptors (Lipinski definition) is 5. The second-order valence-electron chi connectivity index (χ2n) is 5.39. The van der Waals surface area contributed by atoms with Gasteiger partial charge in [-0.1, -0.05) is 0 Å². The lowest BCUT2D eigenvalue weighted by Crippen LogP contribution is -2.27. The van der Waals surface area contributed by atoms with Gasteiger partial charge in [0, 0.05) is 37.9 Å². The second-order valence-corrected chi connectivity index (χ2v) is 5.39. The van der Waals surface area contributed by atoms with Crippen LogP contribution in [0.3, 0.4) is 0 Å². The van der Waals surface area contributed by atoms with Crippen LogP contribution in [0, 0.1) is 0 Å². The zero-order valence-corrected chi connectivity index (χ0v) is 12.7. The molecule has 0 radical (unpaired) electrons. The number of carbonyl (C=O) groups is 1. The highest BCUT2D eigenvalue weighted by atomic mass is 16.4. The summed E-state index contributed by atoms with van der Waals surface area (Å²) in [6, 6.07) is 1.41. The predicted octanol–water partition coefficient (Wildman–Crippen LogP) is 0.0220. The van der Waals surface area contributed by atoms with E-state index in [0.29, 0.717) is 19.6 Å². The maximum atomic E-state index is 11.6. The molecule has 1 rings (SSSR count). The van der Waals surface area contributed by atoms with Crippen molar-refractivity contribution in [1.29, 1.82) is 0 Å². The fourth-order valence-corrected chi connectivity index (χ4v) is 1.90. The first-order chi connectivity index (χ1) is 9.79. The Kier molecular flexibility index (Phi) is 6.39. The molecule has 1 aromatic heterocycles. The highest BCUT2D eigenvalue weighted by Gasteiger charge is 2.10. The molecule has 0 amide bonds. The van der Waals surface area contributed by atoms with Crippen molar-refractivity contribution in [2.45, 2.75) is 19.5 Å². The van der Waals surface area contributed by atoms with E-state index >= 15 is 0 Å². The number of rotatable bonds is 8. The molecule has 0 saturated heterocycles. The maximum absolute atomic E-state index is 11.6. The first-order valence-corrected chi connectivity index (χ1v) is 6.77. The average Bonchev–Trinajstić information content (AvgIpc) is 2.38. The molecule has 1 aromatic rings. The molecule has 1 heterocycles. The number of carboxylic acids is 1. The number of likely N-dealkylation sites (N-methyl/N-ethyl adjacent to an activating group) is 1. The number of aromatic hydroxyl groups is 1. The van der Waals surface area contributed by atoms with Gasteiger partial charge in [0.15, 0.2) is 5.75 Å². The van der Waals surface area contributed by atoms with Crippen LogP contribution in [0.4, 0.5) is 0 Å². The summed E-state index contributed by atoms with van der Waals surface area (Å²) >= 11 is 0. The molecule has 0 bridgehead atoms. The van der Waals surface area contributed by atoms with Crippen LogP contribution in [-0.2, 0) is 17.9 Å². The molecule has 0 unspecified atom stereocenters. The van der Waals surface area contributed by atoms with E-state index in [4.69, 9.17) is 5.11 Å². The van der Waals surface area contributed by atoms with Gasteiger partial charge in [-0.25, -0.2) is 0 Å². The average molecular weight is 297 g/mol. The van der Waals surface area contributed by atoms with Crippen LogP contribution in [-0.4, -0.2) is 64.8 Å². The Balaban J connectivity index is 2.85. The minimum atomic E-state index is -0.849. The summed E-state index contributed by atoms with van der Waals surface area (Å²) in [6.45, 7) is 2.27. The van der Waals surface area contributed by atoms with Crippen molar-refractivity contribution in [2.24, 2.45) is 0 Å². The Hall–Kier alpha value is -1.86. The van der Waals surface area contributed by atoms with E-state index in [2.05, 4.69) is 0 Å². The van der Waals surface area contributed by atoms with E-state index in [1.54, 1.807) is 7.05 Å². The van der Waals surface area contributed by atoms with Crippen molar-refractivity contribution in [2.75, 3.05) is 34.2 Å². The van der Waals surface area contributed by atoms with Crippen LogP contribution >= 0.6 is 0 Å². The van der Waals surface area contributed by atoms with Gasteiger partial charge in [0.25, 0.3) is 0 Å². The molecule has 2 N–H and O–H groups in total. The molecule has 0 aromatic carbocycles. The fourth-order valence-electron chi connectivity index (χ4n) is 1.90. The van der Waals surface area contributed by atoms with E-state index in [-0.39, 0.29) is 12.2 Å². The van der Waals surface area contributed by atoms with Crippen LogP contribution in [0.5, 0.6) is 5.75 Å². The van der Waals surface area contributed by atoms with Crippen molar-refractivity contribution in [1.82, 2.24) is 14.4 Å². The molecule has 118 valence electrons. The normalized spacial score (nSPS) is 11.3. The molecular formula is C14H23N3O4. The van der Waals surface area contributed by atoms with Crippen molar-refractivity contribution < 1.29 is 15.0 Å². The third-order valence-corrected chi connectivity index (χ3v) is 3.12. The summed E-state index contributed by atoms with van der Waals surface area (Å²) in [6.07, 6.45) is 1.49. The minimum Gasteiger partial charge on any atom is -0.503 e.